The Morgan fingerprint density at radius 3 is 2.95 bits per heavy atom. The Hall–Kier alpha value is -2.05. The Kier molecular flexibility index (Phi) is 5.59. The SMILES string of the molecule is CCN1C=C(c2cccc(CCOCCC(=O)O)c2)NN1. The van der Waals surface area contributed by atoms with Crippen LogP contribution in [0.3, 0.4) is 0 Å². The largest absolute Gasteiger partial charge is 0.481 e. The van der Waals surface area contributed by atoms with Gasteiger partial charge < -0.3 is 15.3 Å². The molecule has 1 aromatic carbocycles. The second-order valence-electron chi connectivity index (χ2n) is 4.77. The second kappa shape index (κ2) is 7.66. The highest BCUT2D eigenvalue weighted by Crippen LogP contribution is 2.16. The van der Waals surface area contributed by atoms with Gasteiger partial charge in [0.25, 0.3) is 0 Å². The van der Waals surface area contributed by atoms with Crippen molar-refractivity contribution in [3.63, 3.8) is 0 Å². The number of hydrogen-bond acceptors (Lipinski definition) is 5. The Labute approximate surface area is 124 Å². The molecule has 0 amide bonds. The van der Waals surface area contributed by atoms with Crippen LogP contribution in [-0.4, -0.2) is 35.8 Å². The van der Waals surface area contributed by atoms with E-state index in [1.807, 2.05) is 23.3 Å². The van der Waals surface area contributed by atoms with E-state index in [9.17, 15) is 4.79 Å². The lowest BCUT2D eigenvalue weighted by Crippen LogP contribution is -2.35. The highest BCUT2D eigenvalue weighted by Gasteiger charge is 2.11. The summed E-state index contributed by atoms with van der Waals surface area (Å²) >= 11 is 0. The average molecular weight is 291 g/mol. The molecule has 0 fully saturated rings. The van der Waals surface area contributed by atoms with Crippen LogP contribution in [0.5, 0.6) is 0 Å². The summed E-state index contributed by atoms with van der Waals surface area (Å²) in [5.74, 6) is -0.829. The van der Waals surface area contributed by atoms with Crippen LogP contribution in [0.15, 0.2) is 30.5 Å². The summed E-state index contributed by atoms with van der Waals surface area (Å²) in [6.45, 7) is 3.74. The molecule has 1 heterocycles. The van der Waals surface area contributed by atoms with E-state index in [0.29, 0.717) is 6.61 Å². The highest BCUT2D eigenvalue weighted by atomic mass is 16.5. The number of ether oxygens (including phenoxy) is 1. The molecule has 0 atom stereocenters. The van der Waals surface area contributed by atoms with Crippen LogP contribution in [0.25, 0.3) is 5.70 Å². The van der Waals surface area contributed by atoms with Crippen molar-refractivity contribution < 1.29 is 14.6 Å². The number of aliphatic carboxylic acids is 1. The molecule has 0 radical (unpaired) electrons. The lowest BCUT2D eigenvalue weighted by molar-refractivity contribution is -0.138. The first-order valence-electron chi connectivity index (χ1n) is 7.08. The predicted molar refractivity (Wildman–Crippen MR) is 79.8 cm³/mol. The van der Waals surface area contributed by atoms with Crippen LogP contribution >= 0.6 is 0 Å². The van der Waals surface area contributed by atoms with Crippen LogP contribution in [-0.2, 0) is 16.0 Å². The van der Waals surface area contributed by atoms with Crippen LogP contribution in [0, 0.1) is 0 Å². The van der Waals surface area contributed by atoms with Gasteiger partial charge in [-0.15, -0.1) is 5.53 Å². The molecule has 21 heavy (non-hydrogen) atoms. The van der Waals surface area contributed by atoms with Gasteiger partial charge in [-0.2, -0.15) is 0 Å². The molecule has 1 aliphatic rings. The van der Waals surface area contributed by atoms with E-state index in [1.54, 1.807) is 0 Å². The van der Waals surface area contributed by atoms with Crippen LogP contribution in [0.4, 0.5) is 0 Å². The topological polar surface area (TPSA) is 73.8 Å². The Balaban J connectivity index is 1.85. The van der Waals surface area contributed by atoms with Crippen molar-refractivity contribution in [2.75, 3.05) is 19.8 Å². The second-order valence-corrected chi connectivity index (χ2v) is 4.77. The minimum Gasteiger partial charge on any atom is -0.481 e. The van der Waals surface area contributed by atoms with Crippen molar-refractivity contribution >= 4 is 11.7 Å². The lowest BCUT2D eigenvalue weighted by atomic mass is 10.1. The average Bonchev–Trinajstić information content (AvgIpc) is 2.96. The molecule has 0 unspecified atom stereocenters. The number of nitrogens with zero attached hydrogens (tertiary/aromatic N) is 1. The summed E-state index contributed by atoms with van der Waals surface area (Å²) in [6.07, 6.45) is 2.85. The summed E-state index contributed by atoms with van der Waals surface area (Å²) in [5.41, 5.74) is 9.50. The zero-order valence-electron chi connectivity index (χ0n) is 12.1. The molecule has 2 rings (SSSR count). The van der Waals surface area contributed by atoms with Gasteiger partial charge in [0.05, 0.1) is 25.3 Å². The fourth-order valence-electron chi connectivity index (χ4n) is 2.02. The first kappa shape index (κ1) is 15.3. The number of benzene rings is 1. The molecule has 0 aromatic heterocycles. The van der Waals surface area contributed by atoms with Crippen molar-refractivity contribution in [3.05, 3.63) is 41.6 Å². The monoisotopic (exact) mass is 291 g/mol. The molecule has 3 N–H and O–H groups in total. The number of carboxylic acid groups (broad SMARTS) is 1. The molecule has 6 nitrogen and oxygen atoms in total. The van der Waals surface area contributed by atoms with E-state index in [2.05, 4.69) is 30.0 Å². The smallest absolute Gasteiger partial charge is 0.305 e. The Bertz CT molecular complexity index is 517. The summed E-state index contributed by atoms with van der Waals surface area (Å²) in [6, 6.07) is 8.22. The molecular formula is C15H21N3O3. The molecular weight excluding hydrogens is 270 g/mol. The molecule has 0 saturated heterocycles. The predicted octanol–water partition coefficient (Wildman–Crippen LogP) is 1.36. The van der Waals surface area contributed by atoms with Gasteiger partial charge in [0.15, 0.2) is 0 Å². The third kappa shape index (κ3) is 4.77. The maximum Gasteiger partial charge on any atom is 0.305 e. The first-order valence-corrected chi connectivity index (χ1v) is 7.08. The van der Waals surface area contributed by atoms with E-state index < -0.39 is 5.97 Å². The van der Waals surface area contributed by atoms with Crippen LogP contribution in [0.1, 0.15) is 24.5 Å². The highest BCUT2D eigenvalue weighted by molar-refractivity contribution is 5.66. The van der Waals surface area contributed by atoms with Crippen molar-refractivity contribution in [2.24, 2.45) is 0 Å². The standard InChI is InChI=1S/C15H21N3O3/c1-2-18-11-14(16-17-18)13-5-3-4-12(10-13)6-8-21-9-7-15(19)20/h3-5,10-11,16-17H,2,6-9H2,1H3,(H,19,20). The Morgan fingerprint density at radius 1 is 1.38 bits per heavy atom. The number of hydrogen-bond donors (Lipinski definition) is 3. The van der Waals surface area contributed by atoms with E-state index >= 15 is 0 Å². The third-order valence-electron chi connectivity index (χ3n) is 3.19. The van der Waals surface area contributed by atoms with Gasteiger partial charge in [-0.25, -0.2) is 0 Å². The number of nitrogens with one attached hydrogen (secondary N) is 2. The Morgan fingerprint density at radius 2 is 2.24 bits per heavy atom. The molecule has 1 aromatic rings. The number of carboxylic acids is 1. The summed E-state index contributed by atoms with van der Waals surface area (Å²) in [7, 11) is 0. The fourth-order valence-corrected chi connectivity index (χ4v) is 2.02. The molecule has 0 saturated carbocycles. The van der Waals surface area contributed by atoms with Crippen molar-refractivity contribution in [2.45, 2.75) is 19.8 Å². The summed E-state index contributed by atoms with van der Waals surface area (Å²) in [5, 5.41) is 10.5. The van der Waals surface area contributed by atoms with Crippen molar-refractivity contribution in [1.29, 1.82) is 0 Å². The van der Waals surface area contributed by atoms with Gasteiger partial charge in [0.2, 0.25) is 0 Å². The zero-order valence-corrected chi connectivity index (χ0v) is 12.1. The third-order valence-corrected chi connectivity index (χ3v) is 3.19. The van der Waals surface area contributed by atoms with Gasteiger partial charge in [0, 0.05) is 18.3 Å². The zero-order chi connectivity index (χ0) is 15.1. The maximum absolute atomic E-state index is 10.4. The number of carbonyl (C=O) groups is 1. The molecule has 0 spiro atoms. The van der Waals surface area contributed by atoms with Crippen LogP contribution in [0.2, 0.25) is 0 Å². The first-order chi connectivity index (χ1) is 10.2. The molecule has 1 aliphatic heterocycles. The molecule has 0 bridgehead atoms. The van der Waals surface area contributed by atoms with Gasteiger partial charge in [-0.3, -0.25) is 9.80 Å². The lowest BCUT2D eigenvalue weighted by Gasteiger charge is -2.10. The minimum atomic E-state index is -0.829. The fraction of sp³-hybridized carbons (Fsp3) is 0.400. The van der Waals surface area contributed by atoms with E-state index in [4.69, 9.17) is 9.84 Å². The van der Waals surface area contributed by atoms with E-state index in [-0.39, 0.29) is 13.0 Å². The normalized spacial score (nSPS) is 14.0. The van der Waals surface area contributed by atoms with Gasteiger partial charge >= 0.3 is 5.97 Å². The van der Waals surface area contributed by atoms with Gasteiger partial charge in [0.1, 0.15) is 0 Å². The summed E-state index contributed by atoms with van der Waals surface area (Å²) in [4.78, 5) is 10.4. The van der Waals surface area contributed by atoms with E-state index in [1.165, 1.54) is 5.56 Å². The maximum atomic E-state index is 10.4. The van der Waals surface area contributed by atoms with Gasteiger partial charge in [-0.1, -0.05) is 18.2 Å². The number of hydrazine groups is 2. The number of rotatable bonds is 8. The van der Waals surface area contributed by atoms with Gasteiger partial charge in [-0.05, 0) is 25.0 Å². The minimum absolute atomic E-state index is 0.0510. The van der Waals surface area contributed by atoms with E-state index in [0.717, 1.165) is 24.2 Å². The van der Waals surface area contributed by atoms with Crippen molar-refractivity contribution in [3.8, 4) is 0 Å². The van der Waals surface area contributed by atoms with Crippen LogP contribution < -0.4 is 11.0 Å². The summed E-state index contributed by atoms with van der Waals surface area (Å²) < 4.78 is 5.32. The van der Waals surface area contributed by atoms with Crippen molar-refractivity contribution in [1.82, 2.24) is 16.0 Å². The molecule has 6 heteroatoms. The molecule has 114 valence electrons. The molecule has 0 aliphatic carbocycles. The quantitative estimate of drug-likeness (QED) is 0.628.